The van der Waals surface area contributed by atoms with Gasteiger partial charge in [0, 0.05) is 13.0 Å². The summed E-state index contributed by atoms with van der Waals surface area (Å²) in [6, 6.07) is 0. The smallest absolute Gasteiger partial charge is 0.265 e. The van der Waals surface area contributed by atoms with Gasteiger partial charge in [0.1, 0.15) is 0 Å². The van der Waals surface area contributed by atoms with Crippen LogP contribution < -0.4 is 5.32 Å². The quantitative estimate of drug-likeness (QED) is 0.497. The molecule has 1 aliphatic rings. The van der Waals surface area contributed by atoms with Crippen molar-refractivity contribution in [3.05, 3.63) is 0 Å². The van der Waals surface area contributed by atoms with Gasteiger partial charge in [-0.05, 0) is 18.8 Å². The van der Waals surface area contributed by atoms with E-state index < -0.39 is 22.2 Å². The summed E-state index contributed by atoms with van der Waals surface area (Å²) in [6.45, 7) is 0.604. The number of halogens is 1. The average molecular weight is 211 g/mol. The zero-order valence-electron chi connectivity index (χ0n) is 7.24. The molecule has 13 heavy (non-hydrogen) atoms. The molecule has 0 aromatic heterocycles. The molecule has 1 saturated carbocycles. The van der Waals surface area contributed by atoms with Crippen molar-refractivity contribution in [1.82, 2.24) is 5.32 Å². The molecule has 0 aromatic carbocycles. The van der Waals surface area contributed by atoms with Gasteiger partial charge in [-0.15, -0.1) is 0 Å². The summed E-state index contributed by atoms with van der Waals surface area (Å²) in [4.78, 5) is 0. The zero-order chi connectivity index (χ0) is 9.90. The van der Waals surface area contributed by atoms with Crippen molar-refractivity contribution in [2.45, 2.75) is 25.6 Å². The van der Waals surface area contributed by atoms with E-state index in [1.54, 1.807) is 0 Å². The van der Waals surface area contributed by atoms with Crippen LogP contribution in [0.25, 0.3) is 0 Å². The maximum atomic E-state index is 12.8. The highest BCUT2D eigenvalue weighted by Crippen LogP contribution is 2.27. The fourth-order valence-electron chi connectivity index (χ4n) is 0.971. The van der Waals surface area contributed by atoms with Crippen LogP contribution in [0.4, 0.5) is 4.39 Å². The third kappa shape index (κ3) is 5.95. The van der Waals surface area contributed by atoms with E-state index in [9.17, 15) is 12.8 Å². The van der Waals surface area contributed by atoms with E-state index >= 15 is 0 Å². The van der Waals surface area contributed by atoms with Crippen molar-refractivity contribution in [2.24, 2.45) is 5.92 Å². The van der Waals surface area contributed by atoms with Crippen LogP contribution in [0.2, 0.25) is 0 Å². The molecule has 0 bridgehead atoms. The van der Waals surface area contributed by atoms with Crippen LogP contribution >= 0.6 is 0 Å². The minimum absolute atomic E-state index is 0.189. The van der Waals surface area contributed by atoms with Gasteiger partial charge in [0.25, 0.3) is 10.1 Å². The highest BCUT2D eigenvalue weighted by atomic mass is 32.2. The van der Waals surface area contributed by atoms with Crippen molar-refractivity contribution >= 4 is 10.1 Å². The summed E-state index contributed by atoms with van der Waals surface area (Å²) in [5.74, 6) is 0.0373. The fourth-order valence-corrected chi connectivity index (χ4v) is 1.48. The van der Waals surface area contributed by atoms with Crippen molar-refractivity contribution in [3.8, 4) is 0 Å². The minimum Gasteiger partial charge on any atom is -0.288 e. The van der Waals surface area contributed by atoms with Crippen LogP contribution in [0.5, 0.6) is 0 Å². The average Bonchev–Trinajstić information content (AvgIpc) is 2.78. The van der Waals surface area contributed by atoms with Gasteiger partial charge >= 0.3 is 0 Å². The standard InChI is InChI=1S/C7H14FNO3S/c8-7(3-4-13(10,11)12)9-5-6-1-2-6/h6-7,9H,1-5H2,(H,10,11,12). The molecule has 2 N–H and O–H groups in total. The van der Waals surface area contributed by atoms with Crippen LogP contribution in [0.15, 0.2) is 0 Å². The number of alkyl halides is 1. The zero-order valence-corrected chi connectivity index (χ0v) is 8.06. The maximum Gasteiger partial charge on any atom is 0.265 e. The Balaban J connectivity index is 2.05. The van der Waals surface area contributed by atoms with Gasteiger partial charge < -0.3 is 0 Å². The van der Waals surface area contributed by atoms with Gasteiger partial charge in [-0.3, -0.25) is 9.87 Å². The molecule has 1 aliphatic carbocycles. The molecule has 1 rings (SSSR count). The van der Waals surface area contributed by atoms with Crippen LogP contribution in [0.1, 0.15) is 19.3 Å². The first kappa shape index (κ1) is 10.9. The molecule has 1 fully saturated rings. The Labute approximate surface area is 77.3 Å². The summed E-state index contributed by atoms with van der Waals surface area (Å²) in [6.07, 6.45) is 0.726. The maximum absolute atomic E-state index is 12.8. The van der Waals surface area contributed by atoms with Crippen LogP contribution in [-0.2, 0) is 10.1 Å². The van der Waals surface area contributed by atoms with E-state index in [-0.39, 0.29) is 6.42 Å². The Morgan fingerprint density at radius 1 is 1.54 bits per heavy atom. The summed E-state index contributed by atoms with van der Waals surface area (Å²) >= 11 is 0. The highest BCUT2D eigenvalue weighted by Gasteiger charge is 2.22. The molecule has 1 unspecified atom stereocenters. The molecule has 0 radical (unpaired) electrons. The van der Waals surface area contributed by atoms with Crippen LogP contribution in [-0.4, -0.2) is 31.6 Å². The molecule has 0 spiro atoms. The number of nitrogens with one attached hydrogen (secondary N) is 1. The van der Waals surface area contributed by atoms with E-state index in [1.807, 2.05) is 0 Å². The molecule has 0 aromatic rings. The lowest BCUT2D eigenvalue weighted by Crippen LogP contribution is -2.28. The van der Waals surface area contributed by atoms with Crippen molar-refractivity contribution in [2.75, 3.05) is 12.3 Å². The number of rotatable bonds is 6. The van der Waals surface area contributed by atoms with Gasteiger partial charge in [0.2, 0.25) is 0 Å². The molecule has 4 nitrogen and oxygen atoms in total. The number of hydrogen-bond donors (Lipinski definition) is 2. The summed E-state index contributed by atoms with van der Waals surface area (Å²) in [5, 5.41) is 2.57. The van der Waals surface area contributed by atoms with Crippen molar-refractivity contribution in [1.29, 1.82) is 0 Å². The Bertz CT molecular complexity index is 250. The third-order valence-electron chi connectivity index (χ3n) is 1.95. The molecule has 0 saturated heterocycles. The molecule has 0 heterocycles. The fraction of sp³-hybridized carbons (Fsp3) is 1.00. The second kappa shape index (κ2) is 4.34. The largest absolute Gasteiger partial charge is 0.288 e. The lowest BCUT2D eigenvalue weighted by Gasteiger charge is -2.08. The molecular formula is C7H14FNO3S. The molecule has 6 heteroatoms. The van der Waals surface area contributed by atoms with E-state index in [4.69, 9.17) is 4.55 Å². The first-order valence-corrected chi connectivity index (χ1v) is 5.91. The molecule has 1 atom stereocenters. The summed E-state index contributed by atoms with van der Waals surface area (Å²) in [7, 11) is -4.02. The van der Waals surface area contributed by atoms with E-state index in [2.05, 4.69) is 5.32 Å². The first-order chi connectivity index (χ1) is 5.97. The highest BCUT2D eigenvalue weighted by molar-refractivity contribution is 7.85. The first-order valence-electron chi connectivity index (χ1n) is 4.30. The van der Waals surface area contributed by atoms with E-state index in [0.29, 0.717) is 12.5 Å². The second-order valence-electron chi connectivity index (χ2n) is 3.39. The van der Waals surface area contributed by atoms with Gasteiger partial charge in [-0.1, -0.05) is 0 Å². The van der Waals surface area contributed by atoms with Crippen molar-refractivity contribution in [3.63, 3.8) is 0 Å². The summed E-state index contributed by atoms with van der Waals surface area (Å²) in [5.41, 5.74) is 0. The monoisotopic (exact) mass is 211 g/mol. The number of hydrogen-bond acceptors (Lipinski definition) is 3. The van der Waals surface area contributed by atoms with Gasteiger partial charge in [0.15, 0.2) is 6.30 Å². The van der Waals surface area contributed by atoms with Gasteiger partial charge in [-0.2, -0.15) is 8.42 Å². The molecule has 0 amide bonds. The lowest BCUT2D eigenvalue weighted by molar-refractivity contribution is 0.262. The Hall–Kier alpha value is -0.200. The summed E-state index contributed by atoms with van der Waals surface area (Å²) < 4.78 is 41.7. The molecule has 0 aliphatic heterocycles. The van der Waals surface area contributed by atoms with Gasteiger partial charge in [-0.25, -0.2) is 4.39 Å². The SMILES string of the molecule is O=S(=O)(O)CCC(F)NCC1CC1. The lowest BCUT2D eigenvalue weighted by atomic mass is 10.4. The van der Waals surface area contributed by atoms with Crippen LogP contribution in [0.3, 0.4) is 0 Å². The topological polar surface area (TPSA) is 66.4 Å². The second-order valence-corrected chi connectivity index (χ2v) is 4.97. The van der Waals surface area contributed by atoms with E-state index in [0.717, 1.165) is 12.8 Å². The van der Waals surface area contributed by atoms with Gasteiger partial charge in [0.05, 0.1) is 5.75 Å². The predicted octanol–water partition coefficient (Wildman–Crippen LogP) is 0.559. The van der Waals surface area contributed by atoms with Crippen molar-refractivity contribution < 1.29 is 17.4 Å². The predicted molar refractivity (Wildman–Crippen MR) is 46.7 cm³/mol. The van der Waals surface area contributed by atoms with E-state index in [1.165, 1.54) is 0 Å². The molecular weight excluding hydrogens is 197 g/mol. The Kier molecular flexibility index (Phi) is 3.63. The Morgan fingerprint density at radius 2 is 2.15 bits per heavy atom. The Morgan fingerprint density at radius 3 is 2.62 bits per heavy atom. The normalized spacial score (nSPS) is 20.2. The van der Waals surface area contributed by atoms with Crippen LogP contribution in [0, 0.1) is 5.92 Å². The molecule has 78 valence electrons. The minimum atomic E-state index is -4.02. The third-order valence-corrected chi connectivity index (χ3v) is 2.71.